The number of hydrogen-bond acceptors (Lipinski definition) is 0. The van der Waals surface area contributed by atoms with Crippen LogP contribution in [0.15, 0.2) is 96.6 Å². The van der Waals surface area contributed by atoms with Crippen LogP contribution in [0.25, 0.3) is 12.2 Å². The standard InChI is InChI=1S/C16H14.C9H11.Zr/c1-3-9-15(10-4-1)13-7-8-14-16-11-5-2-6-12-16;1-2-5-9-7-3-6-8(9)4-1;/h1-14H;1-2,4,6,9H,3,5,7H2;/q;-1;+2. The molecule has 2 aliphatic rings. The summed E-state index contributed by atoms with van der Waals surface area (Å²) in [5.41, 5.74) is 4.03. The first kappa shape index (κ1) is 20.5. The van der Waals surface area contributed by atoms with Gasteiger partial charge in [0.1, 0.15) is 0 Å². The molecule has 1 unspecified atom stereocenters. The summed E-state index contributed by atoms with van der Waals surface area (Å²) in [4.78, 5) is 0. The topological polar surface area (TPSA) is 0 Å². The number of benzene rings is 2. The Hall–Kier alpha value is -1.85. The van der Waals surface area contributed by atoms with Gasteiger partial charge in [-0.2, -0.15) is 0 Å². The molecule has 0 nitrogen and oxygen atoms in total. The summed E-state index contributed by atoms with van der Waals surface area (Å²) in [5.74, 6) is 0.884. The molecule has 26 heavy (non-hydrogen) atoms. The monoisotopic (exact) mass is 415 g/mol. The quantitative estimate of drug-likeness (QED) is 0.377. The van der Waals surface area contributed by atoms with Crippen molar-refractivity contribution in [2.45, 2.75) is 19.3 Å². The Bertz CT molecular complexity index is 704. The first-order valence-electron chi connectivity index (χ1n) is 9.06. The number of hydrogen-bond donors (Lipinski definition) is 0. The number of fused-ring (bicyclic) bond motifs is 1. The largest absolute Gasteiger partial charge is 2.00 e. The molecule has 0 aromatic heterocycles. The van der Waals surface area contributed by atoms with Crippen LogP contribution >= 0.6 is 0 Å². The maximum Gasteiger partial charge on any atom is 2.00 e. The molecule has 1 fully saturated rings. The molecular weight excluding hydrogens is 391 g/mol. The SMILES string of the molecule is C(C=Cc1ccccc1)=Cc1ccccc1.C1=CCC2CC[CH-]C2=C1.[Zr+2]. The molecule has 2 aromatic rings. The average molecular weight is 417 g/mol. The molecule has 0 N–H and O–H groups in total. The Kier molecular flexibility index (Phi) is 9.22. The van der Waals surface area contributed by atoms with Gasteiger partial charge in [-0.25, -0.2) is 18.1 Å². The van der Waals surface area contributed by atoms with E-state index in [0.29, 0.717) is 0 Å². The Morgan fingerprint density at radius 3 is 1.92 bits per heavy atom. The van der Waals surface area contributed by atoms with E-state index in [0.717, 1.165) is 5.92 Å². The van der Waals surface area contributed by atoms with E-state index >= 15 is 0 Å². The maximum absolute atomic E-state index is 2.37. The Balaban J connectivity index is 0.000000206. The molecule has 2 aromatic carbocycles. The van der Waals surface area contributed by atoms with Gasteiger partial charge in [0.2, 0.25) is 0 Å². The van der Waals surface area contributed by atoms with Gasteiger partial charge < -0.3 is 0 Å². The van der Waals surface area contributed by atoms with Crippen molar-refractivity contribution < 1.29 is 26.2 Å². The molecule has 0 spiro atoms. The van der Waals surface area contributed by atoms with E-state index in [9.17, 15) is 0 Å². The normalized spacial score (nSPS) is 17.7. The van der Waals surface area contributed by atoms with Crippen LogP contribution in [0.4, 0.5) is 0 Å². The molecule has 2 aliphatic carbocycles. The van der Waals surface area contributed by atoms with Gasteiger partial charge in [-0.15, -0.1) is 18.6 Å². The fourth-order valence-electron chi connectivity index (χ4n) is 3.13. The van der Waals surface area contributed by atoms with E-state index in [-0.39, 0.29) is 26.2 Å². The zero-order valence-electron chi connectivity index (χ0n) is 15.1. The van der Waals surface area contributed by atoms with E-state index in [2.05, 4.69) is 73.2 Å². The van der Waals surface area contributed by atoms with E-state index in [1.165, 1.54) is 30.4 Å². The first-order valence-corrected chi connectivity index (χ1v) is 9.06. The van der Waals surface area contributed by atoms with Crippen molar-refractivity contribution in [3.8, 4) is 0 Å². The van der Waals surface area contributed by atoms with Gasteiger partial charge in [-0.1, -0.05) is 91.4 Å². The van der Waals surface area contributed by atoms with Crippen molar-refractivity contribution in [3.63, 3.8) is 0 Å². The Morgan fingerprint density at radius 2 is 1.38 bits per heavy atom. The summed E-state index contributed by atoms with van der Waals surface area (Å²) >= 11 is 0. The maximum atomic E-state index is 2.37. The average Bonchev–Trinajstić information content (AvgIpc) is 3.16. The van der Waals surface area contributed by atoms with E-state index in [4.69, 9.17) is 0 Å². The van der Waals surface area contributed by atoms with Gasteiger partial charge in [-0.05, 0) is 23.5 Å². The van der Waals surface area contributed by atoms with Gasteiger partial charge in [0.15, 0.2) is 0 Å². The zero-order chi connectivity index (χ0) is 17.2. The molecule has 0 bridgehead atoms. The van der Waals surface area contributed by atoms with Crippen molar-refractivity contribution in [2.75, 3.05) is 0 Å². The molecule has 4 rings (SSSR count). The summed E-state index contributed by atoms with van der Waals surface area (Å²) in [7, 11) is 0. The van der Waals surface area contributed by atoms with Crippen molar-refractivity contribution >= 4 is 12.2 Å². The number of rotatable bonds is 3. The molecule has 0 aliphatic heterocycles. The van der Waals surface area contributed by atoms with Gasteiger partial charge >= 0.3 is 26.2 Å². The van der Waals surface area contributed by atoms with Crippen molar-refractivity contribution in [3.05, 3.63) is 114 Å². The minimum absolute atomic E-state index is 0. The van der Waals surface area contributed by atoms with Crippen LogP contribution in [0, 0.1) is 12.3 Å². The van der Waals surface area contributed by atoms with Crippen LogP contribution in [-0.4, -0.2) is 0 Å². The second-order valence-electron chi connectivity index (χ2n) is 6.35. The van der Waals surface area contributed by atoms with Crippen molar-refractivity contribution in [2.24, 2.45) is 5.92 Å². The van der Waals surface area contributed by atoms with E-state index in [1.54, 1.807) is 5.57 Å². The van der Waals surface area contributed by atoms with Crippen LogP contribution in [0.5, 0.6) is 0 Å². The zero-order valence-corrected chi connectivity index (χ0v) is 17.5. The predicted octanol–water partition coefficient (Wildman–Crippen LogP) is 6.90. The Morgan fingerprint density at radius 1 is 0.808 bits per heavy atom. The smallest absolute Gasteiger partial charge is 0.227 e. The molecule has 1 saturated carbocycles. The number of allylic oxidation sites excluding steroid dienone is 6. The third kappa shape index (κ3) is 6.81. The fourth-order valence-corrected chi connectivity index (χ4v) is 3.13. The molecule has 0 radical (unpaired) electrons. The van der Waals surface area contributed by atoms with Gasteiger partial charge in [-0.3, -0.25) is 0 Å². The summed E-state index contributed by atoms with van der Waals surface area (Å²) < 4.78 is 0. The summed E-state index contributed by atoms with van der Waals surface area (Å²) in [6, 6.07) is 20.6. The van der Waals surface area contributed by atoms with Crippen LogP contribution in [0.3, 0.4) is 0 Å². The molecule has 1 atom stereocenters. The molecule has 0 heterocycles. The Labute approximate surface area is 177 Å². The van der Waals surface area contributed by atoms with Crippen LogP contribution in [0.1, 0.15) is 30.4 Å². The minimum atomic E-state index is 0. The minimum Gasteiger partial charge on any atom is -0.227 e. The summed E-state index contributed by atoms with van der Waals surface area (Å²) in [5, 5.41) is 0. The van der Waals surface area contributed by atoms with Gasteiger partial charge in [0, 0.05) is 0 Å². The first-order chi connectivity index (χ1) is 12.4. The fraction of sp³-hybridized carbons (Fsp3) is 0.160. The van der Waals surface area contributed by atoms with Crippen LogP contribution in [-0.2, 0) is 26.2 Å². The van der Waals surface area contributed by atoms with E-state index in [1.807, 2.05) is 36.4 Å². The molecule has 1 heteroatoms. The molecule has 0 amide bonds. The summed E-state index contributed by atoms with van der Waals surface area (Å²) in [6.45, 7) is 0. The third-order valence-electron chi connectivity index (χ3n) is 4.50. The van der Waals surface area contributed by atoms with Crippen LogP contribution < -0.4 is 0 Å². The predicted molar refractivity (Wildman–Crippen MR) is 110 cm³/mol. The third-order valence-corrected chi connectivity index (χ3v) is 4.50. The second kappa shape index (κ2) is 11.7. The molecular formula is C25H25Zr+. The molecule has 128 valence electrons. The van der Waals surface area contributed by atoms with Crippen LogP contribution in [0.2, 0.25) is 0 Å². The molecule has 0 saturated heterocycles. The van der Waals surface area contributed by atoms with Gasteiger partial charge in [0.05, 0.1) is 0 Å². The summed E-state index contributed by atoms with van der Waals surface area (Å²) in [6.07, 6.45) is 21.3. The van der Waals surface area contributed by atoms with Gasteiger partial charge in [0.25, 0.3) is 0 Å². The van der Waals surface area contributed by atoms with E-state index < -0.39 is 0 Å². The van der Waals surface area contributed by atoms with Crippen molar-refractivity contribution in [1.29, 1.82) is 0 Å². The second-order valence-corrected chi connectivity index (χ2v) is 6.35. The van der Waals surface area contributed by atoms with Crippen molar-refractivity contribution in [1.82, 2.24) is 0 Å².